The number of pyridine rings is 1. The molecule has 0 unspecified atom stereocenters. The molecule has 24 heavy (non-hydrogen) atoms. The summed E-state index contributed by atoms with van der Waals surface area (Å²) in [4.78, 5) is 15.2. The van der Waals surface area contributed by atoms with Crippen LogP contribution >= 0.6 is 0 Å². The van der Waals surface area contributed by atoms with Crippen LogP contribution in [0.1, 0.15) is 11.4 Å². The van der Waals surface area contributed by atoms with E-state index in [1.807, 2.05) is 4.90 Å². The molecule has 2 aromatic heterocycles. The van der Waals surface area contributed by atoms with Crippen LogP contribution in [0.5, 0.6) is 0 Å². The number of hydrogen-bond acceptors (Lipinski definition) is 5. The molecule has 0 bridgehead atoms. The molecule has 1 aliphatic rings. The van der Waals surface area contributed by atoms with Crippen LogP contribution in [-0.2, 0) is 12.7 Å². The number of alkyl halides is 3. The van der Waals surface area contributed by atoms with Gasteiger partial charge in [-0.05, 0) is 18.2 Å². The molecule has 0 atom stereocenters. The second-order valence-corrected chi connectivity index (χ2v) is 5.43. The zero-order chi connectivity index (χ0) is 17.2. The Labute approximate surface area is 136 Å². The normalized spacial score (nSPS) is 16.4. The molecule has 1 saturated heterocycles. The van der Waals surface area contributed by atoms with Crippen molar-refractivity contribution in [1.29, 1.82) is 0 Å². The standard InChI is InChI=1S/C15H15F4N5/c16-11-2-1-4-20-12(11)10-23-6-8-24(9-7-23)14-21-5-3-13(22-14)15(17,18)19/h1-5H,6-10H2. The number of hydrogen-bond donors (Lipinski definition) is 0. The number of rotatable bonds is 3. The Balaban J connectivity index is 1.62. The van der Waals surface area contributed by atoms with E-state index in [-0.39, 0.29) is 11.8 Å². The van der Waals surface area contributed by atoms with Gasteiger partial charge < -0.3 is 4.90 Å². The first-order chi connectivity index (χ1) is 11.4. The smallest absolute Gasteiger partial charge is 0.338 e. The van der Waals surface area contributed by atoms with Gasteiger partial charge in [0, 0.05) is 45.1 Å². The summed E-state index contributed by atoms with van der Waals surface area (Å²) in [5.74, 6) is -0.297. The van der Waals surface area contributed by atoms with Gasteiger partial charge in [0.05, 0.1) is 5.69 Å². The van der Waals surface area contributed by atoms with Crippen molar-refractivity contribution in [1.82, 2.24) is 19.9 Å². The molecule has 0 N–H and O–H groups in total. The maximum absolute atomic E-state index is 13.6. The molecule has 9 heteroatoms. The summed E-state index contributed by atoms with van der Waals surface area (Å²) in [6.07, 6.45) is -1.85. The summed E-state index contributed by atoms with van der Waals surface area (Å²) in [6.45, 7) is 2.43. The molecule has 0 amide bonds. The van der Waals surface area contributed by atoms with Gasteiger partial charge in [-0.2, -0.15) is 13.2 Å². The van der Waals surface area contributed by atoms with E-state index in [1.165, 1.54) is 18.3 Å². The van der Waals surface area contributed by atoms with Gasteiger partial charge in [-0.1, -0.05) is 0 Å². The number of nitrogens with zero attached hydrogens (tertiary/aromatic N) is 5. The Hall–Kier alpha value is -2.29. The zero-order valence-electron chi connectivity index (χ0n) is 12.7. The first-order valence-corrected chi connectivity index (χ1v) is 7.40. The third-order valence-electron chi connectivity index (χ3n) is 3.80. The first-order valence-electron chi connectivity index (χ1n) is 7.40. The molecule has 0 radical (unpaired) electrons. The van der Waals surface area contributed by atoms with Crippen molar-refractivity contribution >= 4 is 5.95 Å². The third-order valence-corrected chi connectivity index (χ3v) is 3.80. The van der Waals surface area contributed by atoms with E-state index in [2.05, 4.69) is 15.0 Å². The number of halogens is 4. The molecule has 1 fully saturated rings. The van der Waals surface area contributed by atoms with Crippen LogP contribution in [0.15, 0.2) is 30.6 Å². The molecule has 0 spiro atoms. The van der Waals surface area contributed by atoms with Gasteiger partial charge in [0.1, 0.15) is 11.5 Å². The minimum Gasteiger partial charge on any atom is -0.338 e. The van der Waals surface area contributed by atoms with E-state index in [0.717, 1.165) is 12.3 Å². The van der Waals surface area contributed by atoms with Gasteiger partial charge in [0.15, 0.2) is 0 Å². The highest BCUT2D eigenvalue weighted by Crippen LogP contribution is 2.28. The number of piperazine rings is 1. The summed E-state index contributed by atoms with van der Waals surface area (Å²) >= 11 is 0. The highest BCUT2D eigenvalue weighted by molar-refractivity contribution is 5.31. The Kier molecular flexibility index (Phi) is 4.61. The van der Waals surface area contributed by atoms with Crippen LogP contribution in [0.4, 0.5) is 23.5 Å². The molecule has 3 heterocycles. The lowest BCUT2D eigenvalue weighted by molar-refractivity contribution is -0.141. The van der Waals surface area contributed by atoms with Crippen LogP contribution in [0, 0.1) is 5.82 Å². The largest absolute Gasteiger partial charge is 0.433 e. The second-order valence-electron chi connectivity index (χ2n) is 5.43. The van der Waals surface area contributed by atoms with E-state index < -0.39 is 11.9 Å². The average molecular weight is 341 g/mol. The predicted molar refractivity (Wildman–Crippen MR) is 78.7 cm³/mol. The highest BCUT2D eigenvalue weighted by Gasteiger charge is 2.33. The summed E-state index contributed by atoms with van der Waals surface area (Å²) < 4.78 is 51.8. The van der Waals surface area contributed by atoms with E-state index >= 15 is 0 Å². The van der Waals surface area contributed by atoms with Crippen LogP contribution in [0.25, 0.3) is 0 Å². The zero-order valence-corrected chi connectivity index (χ0v) is 12.7. The van der Waals surface area contributed by atoms with Crippen molar-refractivity contribution in [2.45, 2.75) is 12.7 Å². The lowest BCUT2D eigenvalue weighted by Gasteiger charge is -2.34. The molecule has 0 aliphatic carbocycles. The molecule has 5 nitrogen and oxygen atoms in total. The molecule has 3 rings (SSSR count). The summed E-state index contributed by atoms with van der Waals surface area (Å²) in [5, 5.41) is 0. The maximum atomic E-state index is 13.6. The van der Waals surface area contributed by atoms with E-state index in [0.29, 0.717) is 38.4 Å². The van der Waals surface area contributed by atoms with Crippen molar-refractivity contribution in [2.24, 2.45) is 0 Å². The predicted octanol–water partition coefficient (Wildman–Crippen LogP) is 2.35. The summed E-state index contributed by atoms with van der Waals surface area (Å²) in [6, 6.07) is 3.74. The minimum atomic E-state index is -4.49. The van der Waals surface area contributed by atoms with Gasteiger partial charge in [0.2, 0.25) is 5.95 Å². The van der Waals surface area contributed by atoms with Crippen LogP contribution < -0.4 is 4.90 Å². The quantitative estimate of drug-likeness (QED) is 0.802. The van der Waals surface area contributed by atoms with E-state index in [4.69, 9.17) is 0 Å². The monoisotopic (exact) mass is 341 g/mol. The van der Waals surface area contributed by atoms with E-state index in [9.17, 15) is 17.6 Å². The lowest BCUT2D eigenvalue weighted by Crippen LogP contribution is -2.46. The Morgan fingerprint density at radius 3 is 2.42 bits per heavy atom. The molecule has 128 valence electrons. The Morgan fingerprint density at radius 2 is 1.75 bits per heavy atom. The highest BCUT2D eigenvalue weighted by atomic mass is 19.4. The van der Waals surface area contributed by atoms with Gasteiger partial charge in [-0.3, -0.25) is 9.88 Å². The summed E-state index contributed by atoms with van der Waals surface area (Å²) in [7, 11) is 0. The molecular formula is C15H15F4N5. The number of aromatic nitrogens is 3. The van der Waals surface area contributed by atoms with Gasteiger partial charge in [-0.25, -0.2) is 14.4 Å². The van der Waals surface area contributed by atoms with Crippen molar-refractivity contribution in [3.8, 4) is 0 Å². The molecule has 0 saturated carbocycles. The van der Waals surface area contributed by atoms with Gasteiger partial charge in [-0.15, -0.1) is 0 Å². The fraction of sp³-hybridized carbons (Fsp3) is 0.400. The van der Waals surface area contributed by atoms with Crippen molar-refractivity contribution < 1.29 is 17.6 Å². The van der Waals surface area contributed by atoms with Gasteiger partial charge >= 0.3 is 6.18 Å². The third kappa shape index (κ3) is 3.78. The molecular weight excluding hydrogens is 326 g/mol. The average Bonchev–Trinajstić information content (AvgIpc) is 2.57. The van der Waals surface area contributed by atoms with Crippen LogP contribution in [0.2, 0.25) is 0 Å². The topological polar surface area (TPSA) is 45.2 Å². The first kappa shape index (κ1) is 16.6. The van der Waals surface area contributed by atoms with Crippen LogP contribution in [0.3, 0.4) is 0 Å². The molecule has 1 aliphatic heterocycles. The Bertz CT molecular complexity index is 698. The lowest BCUT2D eigenvalue weighted by atomic mass is 10.2. The van der Waals surface area contributed by atoms with E-state index in [1.54, 1.807) is 4.90 Å². The van der Waals surface area contributed by atoms with Crippen LogP contribution in [-0.4, -0.2) is 46.0 Å². The maximum Gasteiger partial charge on any atom is 0.433 e. The SMILES string of the molecule is Fc1cccnc1CN1CCN(c2nccc(C(F)(F)F)n2)CC1. The minimum absolute atomic E-state index is 0.0634. The van der Waals surface area contributed by atoms with Crippen molar-refractivity contribution in [2.75, 3.05) is 31.1 Å². The fourth-order valence-corrected chi connectivity index (χ4v) is 2.51. The van der Waals surface area contributed by atoms with Gasteiger partial charge in [0.25, 0.3) is 0 Å². The van der Waals surface area contributed by atoms with Crippen molar-refractivity contribution in [3.05, 3.63) is 47.8 Å². The fourth-order valence-electron chi connectivity index (χ4n) is 2.51. The Morgan fingerprint density at radius 1 is 1.00 bits per heavy atom. The molecule has 2 aromatic rings. The second kappa shape index (κ2) is 6.68. The summed E-state index contributed by atoms with van der Waals surface area (Å²) in [5.41, 5.74) is -0.591. The van der Waals surface area contributed by atoms with Crippen molar-refractivity contribution in [3.63, 3.8) is 0 Å². The number of anilines is 1. The molecule has 0 aromatic carbocycles.